The van der Waals surface area contributed by atoms with Gasteiger partial charge in [0.2, 0.25) is 11.6 Å². The number of hydrogen-bond acceptors (Lipinski definition) is 5. The van der Waals surface area contributed by atoms with Crippen molar-refractivity contribution in [1.29, 1.82) is 0 Å². The van der Waals surface area contributed by atoms with E-state index >= 15 is 0 Å². The number of para-hydroxylation sites is 2. The van der Waals surface area contributed by atoms with Gasteiger partial charge in [-0.05, 0) is 41.5 Å². The number of aromatic nitrogens is 1. The molecule has 1 aromatic carbocycles. The van der Waals surface area contributed by atoms with E-state index in [9.17, 15) is 0 Å². The second kappa shape index (κ2) is 6.31. The molecule has 4 nitrogen and oxygen atoms in total. The Hall–Kier alpha value is -2.88. The topological polar surface area (TPSA) is 33.6 Å². The summed E-state index contributed by atoms with van der Waals surface area (Å²) in [6.07, 6.45) is 1.90. The summed E-state index contributed by atoms with van der Waals surface area (Å²) in [6, 6.07) is 12.1. The maximum absolute atomic E-state index is 7.64. The molecule has 0 fully saturated rings. The summed E-state index contributed by atoms with van der Waals surface area (Å²) in [5, 5.41) is 1.27. The van der Waals surface area contributed by atoms with Crippen molar-refractivity contribution >= 4 is 50.5 Å². The smallest absolute Gasteiger partial charge is 0.249 e. The molecule has 144 valence electrons. The van der Waals surface area contributed by atoms with Crippen molar-refractivity contribution in [3.8, 4) is 9.75 Å². The highest BCUT2D eigenvalue weighted by Crippen LogP contribution is 2.57. The molecule has 0 unspecified atom stereocenters. The minimum absolute atomic E-state index is 0.0338. The normalized spacial score (nSPS) is 14.7. The summed E-state index contributed by atoms with van der Waals surface area (Å²) >= 11 is 3.58. The van der Waals surface area contributed by atoms with Gasteiger partial charge in [-0.3, -0.25) is 0 Å². The maximum Gasteiger partial charge on any atom is 0.249 e. The number of nitrogens with zero attached hydrogens (tertiary/aromatic N) is 3. The highest BCUT2D eigenvalue weighted by atomic mass is 32.1. The zero-order valence-corrected chi connectivity index (χ0v) is 18.2. The molecule has 0 aliphatic heterocycles. The fourth-order valence-corrected chi connectivity index (χ4v) is 6.40. The van der Waals surface area contributed by atoms with E-state index in [1.807, 2.05) is 41.7 Å². The summed E-state index contributed by atoms with van der Waals surface area (Å²) < 4.78 is 5.81. The van der Waals surface area contributed by atoms with Gasteiger partial charge in [-0.15, -0.1) is 22.7 Å². The van der Waals surface area contributed by atoms with Crippen molar-refractivity contribution in [1.82, 2.24) is 4.98 Å². The molecule has 0 atom stereocenters. The third kappa shape index (κ3) is 2.73. The predicted molar refractivity (Wildman–Crippen MR) is 123 cm³/mol. The average Bonchev–Trinajstić information content (AvgIpc) is 3.43. The van der Waals surface area contributed by atoms with Crippen LogP contribution in [0.2, 0.25) is 0 Å². The Morgan fingerprint density at radius 2 is 1.86 bits per heavy atom. The van der Waals surface area contributed by atoms with Gasteiger partial charge < -0.3 is 9.32 Å². The Morgan fingerprint density at radius 1 is 1.14 bits per heavy atom. The SMILES string of the molecule is [C-]#[N+]/C(=C\c1cc2c(s1)-c1sc(N(C)C)cc1C2(C)C)c1nc2ccccc2o1. The van der Waals surface area contributed by atoms with Crippen LogP contribution in [0.3, 0.4) is 0 Å². The Bertz CT molecular complexity index is 1290. The molecular formula is C23H19N3OS2. The molecule has 0 saturated heterocycles. The molecule has 0 N–H and O–H groups in total. The summed E-state index contributed by atoms with van der Waals surface area (Å²) in [5.74, 6) is 0.376. The van der Waals surface area contributed by atoms with E-state index in [2.05, 4.69) is 54.8 Å². The fraction of sp³-hybridized carbons (Fsp3) is 0.217. The van der Waals surface area contributed by atoms with Crippen LogP contribution < -0.4 is 4.90 Å². The van der Waals surface area contributed by atoms with Crippen molar-refractivity contribution < 1.29 is 4.42 Å². The molecule has 29 heavy (non-hydrogen) atoms. The van der Waals surface area contributed by atoms with Gasteiger partial charge in [0.15, 0.2) is 5.58 Å². The summed E-state index contributed by atoms with van der Waals surface area (Å²) in [7, 11) is 4.17. The molecule has 0 amide bonds. The minimum Gasteiger partial charge on any atom is -0.447 e. The van der Waals surface area contributed by atoms with Gasteiger partial charge in [-0.2, -0.15) is 0 Å². The van der Waals surface area contributed by atoms with Gasteiger partial charge in [-0.1, -0.05) is 26.0 Å². The molecule has 5 rings (SSSR count). The molecule has 0 radical (unpaired) electrons. The van der Waals surface area contributed by atoms with Gasteiger partial charge in [0, 0.05) is 29.3 Å². The van der Waals surface area contributed by atoms with Crippen LogP contribution in [0.15, 0.2) is 40.8 Å². The number of thiophene rings is 2. The Morgan fingerprint density at radius 3 is 2.59 bits per heavy atom. The number of oxazole rings is 1. The van der Waals surface area contributed by atoms with Crippen molar-refractivity contribution in [2.24, 2.45) is 0 Å². The van der Waals surface area contributed by atoms with Crippen molar-refractivity contribution in [2.45, 2.75) is 19.3 Å². The average molecular weight is 418 g/mol. The van der Waals surface area contributed by atoms with E-state index in [1.165, 1.54) is 25.9 Å². The van der Waals surface area contributed by atoms with Crippen molar-refractivity contribution in [3.63, 3.8) is 0 Å². The van der Waals surface area contributed by atoms with Gasteiger partial charge in [-0.25, -0.2) is 9.83 Å². The number of anilines is 1. The molecule has 3 heterocycles. The number of rotatable bonds is 3. The van der Waals surface area contributed by atoms with Crippen LogP contribution in [0, 0.1) is 6.57 Å². The van der Waals surface area contributed by atoms with E-state index in [0.29, 0.717) is 17.2 Å². The molecule has 0 spiro atoms. The first-order valence-corrected chi connectivity index (χ1v) is 10.9. The minimum atomic E-state index is -0.0338. The standard InChI is InChI=1S/C23H19N3OS2/c1-23(2)14-10-13(28-20(14)21-15(23)12-19(29-21)26(4)5)11-17(24-3)22-25-16-8-6-7-9-18(16)27-22/h6-12H,1-2,4-5H3/b17-11-. The molecule has 0 bridgehead atoms. The molecular weight excluding hydrogens is 398 g/mol. The van der Waals surface area contributed by atoms with Crippen molar-refractivity contribution in [2.75, 3.05) is 19.0 Å². The van der Waals surface area contributed by atoms with Gasteiger partial charge >= 0.3 is 0 Å². The predicted octanol–water partition coefficient (Wildman–Crippen LogP) is 6.74. The zero-order chi connectivity index (χ0) is 20.3. The van der Waals surface area contributed by atoms with Crippen LogP contribution in [-0.2, 0) is 5.41 Å². The van der Waals surface area contributed by atoms with E-state index in [-0.39, 0.29) is 5.41 Å². The number of benzene rings is 1. The monoisotopic (exact) mass is 417 g/mol. The lowest BCUT2D eigenvalue weighted by atomic mass is 9.84. The second-order valence-corrected chi connectivity index (χ2v) is 9.98. The van der Waals surface area contributed by atoms with Crippen LogP contribution in [-0.4, -0.2) is 19.1 Å². The van der Waals surface area contributed by atoms with Gasteiger partial charge in [0.1, 0.15) is 5.52 Å². The summed E-state index contributed by atoms with van der Waals surface area (Å²) in [6.45, 7) is 12.2. The molecule has 6 heteroatoms. The number of fused-ring (bicyclic) bond motifs is 4. The van der Waals surface area contributed by atoms with E-state index in [0.717, 1.165) is 10.4 Å². The maximum atomic E-state index is 7.64. The van der Waals surface area contributed by atoms with Gasteiger partial charge in [0.25, 0.3) is 0 Å². The summed E-state index contributed by atoms with van der Waals surface area (Å²) in [5.41, 5.74) is 4.60. The third-order valence-electron chi connectivity index (χ3n) is 5.38. The first kappa shape index (κ1) is 18.2. The quantitative estimate of drug-likeness (QED) is 0.346. The van der Waals surface area contributed by atoms with Crippen LogP contribution in [0.4, 0.5) is 5.00 Å². The lowest BCUT2D eigenvalue weighted by Gasteiger charge is -2.19. The number of hydrogen-bond donors (Lipinski definition) is 0. The lowest BCUT2D eigenvalue weighted by Crippen LogP contribution is -2.14. The van der Waals surface area contributed by atoms with Crippen LogP contribution in [0.5, 0.6) is 0 Å². The van der Waals surface area contributed by atoms with Crippen LogP contribution in [0.1, 0.15) is 35.7 Å². The lowest BCUT2D eigenvalue weighted by molar-refractivity contribution is 0.586. The Labute approximate surface area is 177 Å². The van der Waals surface area contributed by atoms with E-state index < -0.39 is 0 Å². The highest BCUT2D eigenvalue weighted by molar-refractivity contribution is 7.25. The zero-order valence-electron chi connectivity index (χ0n) is 16.6. The Balaban J connectivity index is 1.59. The first-order valence-electron chi connectivity index (χ1n) is 9.30. The Kier molecular flexibility index (Phi) is 3.95. The van der Waals surface area contributed by atoms with E-state index in [4.69, 9.17) is 11.0 Å². The second-order valence-electron chi connectivity index (χ2n) is 7.87. The molecule has 1 aliphatic rings. The van der Waals surface area contributed by atoms with Crippen molar-refractivity contribution in [3.05, 3.63) is 69.7 Å². The van der Waals surface area contributed by atoms with Gasteiger partial charge in [0.05, 0.1) is 16.5 Å². The van der Waals surface area contributed by atoms with E-state index in [1.54, 1.807) is 11.3 Å². The van der Waals surface area contributed by atoms with Crippen LogP contribution >= 0.6 is 22.7 Å². The largest absolute Gasteiger partial charge is 0.447 e. The highest BCUT2D eigenvalue weighted by Gasteiger charge is 2.39. The fourth-order valence-electron chi connectivity index (χ4n) is 3.75. The van der Waals surface area contributed by atoms with Crippen LogP contribution in [0.25, 0.3) is 37.5 Å². The molecule has 3 aromatic heterocycles. The first-order chi connectivity index (χ1) is 13.9. The molecule has 1 aliphatic carbocycles. The molecule has 0 saturated carbocycles. The summed E-state index contributed by atoms with van der Waals surface area (Å²) in [4.78, 5) is 14.1. The molecule has 4 aromatic rings. The third-order valence-corrected chi connectivity index (χ3v) is 7.93.